The molecule has 114 valence electrons. The zero-order valence-corrected chi connectivity index (χ0v) is 11.9. The Kier molecular flexibility index (Phi) is 3.82. The number of urea groups is 1. The summed E-state index contributed by atoms with van der Waals surface area (Å²) in [7, 11) is 0. The molecule has 1 atom stereocenters. The van der Waals surface area contributed by atoms with Gasteiger partial charge in [0.25, 0.3) is 0 Å². The molecule has 2 aromatic rings. The molecule has 2 amide bonds. The van der Waals surface area contributed by atoms with E-state index in [1.807, 2.05) is 25.1 Å². The second kappa shape index (κ2) is 5.93. The van der Waals surface area contributed by atoms with E-state index in [-0.39, 0.29) is 24.7 Å². The molecule has 1 aliphatic rings. The Morgan fingerprint density at radius 1 is 1.14 bits per heavy atom. The Morgan fingerprint density at radius 3 is 2.64 bits per heavy atom. The molecule has 0 saturated carbocycles. The summed E-state index contributed by atoms with van der Waals surface area (Å²) in [5.41, 5.74) is 1.43. The van der Waals surface area contributed by atoms with Gasteiger partial charge in [0, 0.05) is 5.69 Å². The van der Waals surface area contributed by atoms with E-state index in [0.29, 0.717) is 17.2 Å². The molecule has 3 rings (SSSR count). The van der Waals surface area contributed by atoms with Crippen LogP contribution < -0.4 is 20.1 Å². The van der Waals surface area contributed by atoms with Gasteiger partial charge in [-0.05, 0) is 48.9 Å². The third-order valence-electron chi connectivity index (χ3n) is 3.35. The second-order valence-corrected chi connectivity index (χ2v) is 4.94. The molecule has 0 saturated heterocycles. The zero-order valence-electron chi connectivity index (χ0n) is 11.9. The van der Waals surface area contributed by atoms with Gasteiger partial charge in [-0.1, -0.05) is 6.07 Å². The van der Waals surface area contributed by atoms with Gasteiger partial charge in [-0.2, -0.15) is 0 Å². The summed E-state index contributed by atoms with van der Waals surface area (Å²) in [6.45, 7) is 2.08. The number of halogens is 1. The van der Waals surface area contributed by atoms with Crippen LogP contribution in [0, 0.1) is 5.82 Å². The molecule has 0 radical (unpaired) electrons. The molecule has 0 bridgehead atoms. The Morgan fingerprint density at radius 2 is 1.86 bits per heavy atom. The van der Waals surface area contributed by atoms with Crippen LogP contribution in [-0.4, -0.2) is 12.8 Å². The van der Waals surface area contributed by atoms with Crippen LogP contribution in [0.25, 0.3) is 0 Å². The number of carbonyl (C=O) groups is 1. The lowest BCUT2D eigenvalue weighted by Crippen LogP contribution is -2.31. The first-order chi connectivity index (χ1) is 10.6. The van der Waals surface area contributed by atoms with Crippen molar-refractivity contribution in [1.82, 2.24) is 5.32 Å². The summed E-state index contributed by atoms with van der Waals surface area (Å²) in [5, 5.41) is 5.46. The number of hydrogen-bond donors (Lipinski definition) is 2. The highest BCUT2D eigenvalue weighted by atomic mass is 19.1. The Bertz CT molecular complexity index is 688. The molecule has 0 fully saturated rings. The standard InChI is InChI=1S/C16H15FN2O3/c1-10(11-2-7-14-15(8-11)22-9-21-14)18-16(20)19-13-5-3-12(17)4-6-13/h2-8,10H,9H2,1H3,(H2,18,19,20)/t10-/m0/s1. The second-order valence-electron chi connectivity index (χ2n) is 4.94. The maximum Gasteiger partial charge on any atom is 0.319 e. The number of hydrogen-bond acceptors (Lipinski definition) is 3. The van der Waals surface area contributed by atoms with Crippen LogP contribution in [0.2, 0.25) is 0 Å². The number of ether oxygens (including phenoxy) is 2. The molecule has 0 unspecified atom stereocenters. The fraction of sp³-hybridized carbons (Fsp3) is 0.188. The van der Waals surface area contributed by atoms with Crippen molar-refractivity contribution < 1.29 is 18.7 Å². The molecule has 0 spiro atoms. The molecule has 0 aromatic heterocycles. The molecule has 22 heavy (non-hydrogen) atoms. The predicted octanol–water partition coefficient (Wildman–Crippen LogP) is 3.44. The molecule has 2 aromatic carbocycles. The minimum atomic E-state index is -0.364. The van der Waals surface area contributed by atoms with Crippen LogP contribution in [0.3, 0.4) is 0 Å². The zero-order chi connectivity index (χ0) is 15.5. The quantitative estimate of drug-likeness (QED) is 0.913. The first-order valence-corrected chi connectivity index (χ1v) is 6.84. The van der Waals surface area contributed by atoms with E-state index >= 15 is 0 Å². The van der Waals surface area contributed by atoms with E-state index in [1.165, 1.54) is 24.3 Å². The summed E-state index contributed by atoms with van der Waals surface area (Å²) in [6, 6.07) is 10.5. The molecular formula is C16H15FN2O3. The first-order valence-electron chi connectivity index (χ1n) is 6.84. The maximum absolute atomic E-state index is 12.8. The summed E-state index contributed by atoms with van der Waals surface area (Å²) in [4.78, 5) is 11.9. The third kappa shape index (κ3) is 3.11. The monoisotopic (exact) mass is 302 g/mol. The topological polar surface area (TPSA) is 59.6 Å². The molecule has 6 heteroatoms. The minimum Gasteiger partial charge on any atom is -0.454 e. The maximum atomic E-state index is 12.8. The van der Waals surface area contributed by atoms with E-state index in [4.69, 9.17) is 9.47 Å². The van der Waals surface area contributed by atoms with Crippen molar-refractivity contribution in [2.75, 3.05) is 12.1 Å². The Balaban J connectivity index is 1.62. The van der Waals surface area contributed by atoms with Gasteiger partial charge in [-0.3, -0.25) is 0 Å². The summed E-state index contributed by atoms with van der Waals surface area (Å²) >= 11 is 0. The number of rotatable bonds is 3. The minimum absolute atomic E-state index is 0.213. The van der Waals surface area contributed by atoms with Gasteiger partial charge in [-0.15, -0.1) is 0 Å². The lowest BCUT2D eigenvalue weighted by molar-refractivity contribution is 0.174. The molecule has 5 nitrogen and oxygen atoms in total. The van der Waals surface area contributed by atoms with Crippen LogP contribution >= 0.6 is 0 Å². The fourth-order valence-electron chi connectivity index (χ4n) is 2.16. The summed E-state index contributed by atoms with van der Waals surface area (Å²) < 4.78 is 23.4. The Labute approximate surface area is 127 Å². The fourth-order valence-corrected chi connectivity index (χ4v) is 2.16. The van der Waals surface area contributed by atoms with Gasteiger partial charge >= 0.3 is 6.03 Å². The molecule has 1 aliphatic heterocycles. The van der Waals surface area contributed by atoms with Crippen molar-refractivity contribution in [2.45, 2.75) is 13.0 Å². The number of amides is 2. The number of fused-ring (bicyclic) bond motifs is 1. The Hall–Kier alpha value is -2.76. The number of carbonyl (C=O) groups excluding carboxylic acids is 1. The van der Waals surface area contributed by atoms with Gasteiger partial charge in [0.2, 0.25) is 6.79 Å². The van der Waals surface area contributed by atoms with Crippen LogP contribution in [0.1, 0.15) is 18.5 Å². The molecular weight excluding hydrogens is 287 g/mol. The van der Waals surface area contributed by atoms with Gasteiger partial charge in [-0.25, -0.2) is 9.18 Å². The average Bonchev–Trinajstić information content (AvgIpc) is 2.97. The first kappa shape index (κ1) is 14.2. The smallest absolute Gasteiger partial charge is 0.319 e. The average molecular weight is 302 g/mol. The van der Waals surface area contributed by atoms with E-state index < -0.39 is 0 Å². The van der Waals surface area contributed by atoms with E-state index in [0.717, 1.165) is 5.56 Å². The SMILES string of the molecule is C[C@H](NC(=O)Nc1ccc(F)cc1)c1ccc2c(c1)OCO2. The van der Waals surface area contributed by atoms with Gasteiger partial charge in [0.15, 0.2) is 11.5 Å². The van der Waals surface area contributed by atoms with Crippen LogP contribution in [0.15, 0.2) is 42.5 Å². The lowest BCUT2D eigenvalue weighted by Gasteiger charge is -2.15. The number of nitrogens with one attached hydrogen (secondary N) is 2. The van der Waals surface area contributed by atoms with Gasteiger partial charge in [0.1, 0.15) is 5.82 Å². The van der Waals surface area contributed by atoms with Crippen LogP contribution in [0.5, 0.6) is 11.5 Å². The van der Waals surface area contributed by atoms with Crippen molar-refractivity contribution >= 4 is 11.7 Å². The lowest BCUT2D eigenvalue weighted by atomic mass is 10.1. The number of benzene rings is 2. The number of anilines is 1. The van der Waals surface area contributed by atoms with Crippen molar-refractivity contribution in [2.24, 2.45) is 0 Å². The van der Waals surface area contributed by atoms with Gasteiger partial charge < -0.3 is 20.1 Å². The van der Waals surface area contributed by atoms with Gasteiger partial charge in [0.05, 0.1) is 6.04 Å². The van der Waals surface area contributed by atoms with E-state index in [2.05, 4.69) is 10.6 Å². The third-order valence-corrected chi connectivity index (χ3v) is 3.35. The van der Waals surface area contributed by atoms with Crippen molar-refractivity contribution in [1.29, 1.82) is 0 Å². The summed E-state index contributed by atoms with van der Waals surface area (Å²) in [6.07, 6.45) is 0. The van der Waals surface area contributed by atoms with Crippen molar-refractivity contribution in [3.8, 4) is 11.5 Å². The highest BCUT2D eigenvalue weighted by Crippen LogP contribution is 2.34. The molecule has 1 heterocycles. The highest BCUT2D eigenvalue weighted by Gasteiger charge is 2.16. The largest absolute Gasteiger partial charge is 0.454 e. The van der Waals surface area contributed by atoms with Crippen LogP contribution in [-0.2, 0) is 0 Å². The van der Waals surface area contributed by atoms with Crippen molar-refractivity contribution in [3.05, 3.63) is 53.8 Å². The van der Waals surface area contributed by atoms with Crippen molar-refractivity contribution in [3.63, 3.8) is 0 Å². The van der Waals surface area contributed by atoms with Crippen LogP contribution in [0.4, 0.5) is 14.9 Å². The molecule has 2 N–H and O–H groups in total. The van der Waals surface area contributed by atoms with E-state index in [9.17, 15) is 9.18 Å². The molecule has 0 aliphatic carbocycles. The van der Waals surface area contributed by atoms with E-state index in [1.54, 1.807) is 0 Å². The highest BCUT2D eigenvalue weighted by molar-refractivity contribution is 5.89. The predicted molar refractivity (Wildman–Crippen MR) is 79.5 cm³/mol. The normalized spacial score (nSPS) is 13.5. The summed E-state index contributed by atoms with van der Waals surface area (Å²) in [5.74, 6) is 1.02.